The smallest absolute Gasteiger partial charge is 0.339 e. The van der Waals surface area contributed by atoms with Crippen molar-refractivity contribution in [3.8, 4) is 0 Å². The van der Waals surface area contributed by atoms with E-state index in [0.717, 1.165) is 5.69 Å². The number of anilines is 3. The van der Waals surface area contributed by atoms with Gasteiger partial charge in [-0.25, -0.2) is 14.8 Å². The molecule has 0 aliphatic rings. The summed E-state index contributed by atoms with van der Waals surface area (Å²) in [5, 5.41) is 2.97. The predicted octanol–water partition coefficient (Wildman–Crippen LogP) is 3.28. The largest absolute Gasteiger partial charge is 0.465 e. The zero-order valence-electron chi connectivity index (χ0n) is 14.9. The molecule has 27 heavy (non-hydrogen) atoms. The maximum absolute atomic E-state index is 12.6. The number of ether oxygens (including phenoxy) is 1. The van der Waals surface area contributed by atoms with Crippen LogP contribution in [0.15, 0.2) is 67.0 Å². The van der Waals surface area contributed by atoms with Crippen molar-refractivity contribution in [1.29, 1.82) is 0 Å². The summed E-state index contributed by atoms with van der Waals surface area (Å²) in [6, 6.07) is 16.2. The molecule has 0 saturated heterocycles. The summed E-state index contributed by atoms with van der Waals surface area (Å²) >= 11 is 0. The number of carbonyl (C=O) groups excluding carboxylic acids is 2. The third-order valence-corrected chi connectivity index (χ3v) is 3.93. The summed E-state index contributed by atoms with van der Waals surface area (Å²) in [5.41, 5.74) is 2.02. The van der Waals surface area contributed by atoms with Gasteiger partial charge in [0.25, 0.3) is 5.91 Å². The Bertz CT molecular complexity index is 943. The van der Waals surface area contributed by atoms with Crippen molar-refractivity contribution in [3.05, 3.63) is 78.1 Å². The topological polar surface area (TPSA) is 84.4 Å². The standard InChI is InChI=1S/C20H18N4O3/c1-24(15-8-4-3-5-9-15)18(25)14-12-21-20(22-13-14)23-17-11-7-6-10-16(17)19(26)27-2/h3-13H,1-2H3,(H,21,22,23). The van der Waals surface area contributed by atoms with Gasteiger partial charge in [-0.2, -0.15) is 0 Å². The van der Waals surface area contributed by atoms with E-state index in [0.29, 0.717) is 16.8 Å². The average molecular weight is 362 g/mol. The van der Waals surface area contributed by atoms with Crippen LogP contribution in [0.5, 0.6) is 0 Å². The highest BCUT2D eigenvalue weighted by Gasteiger charge is 2.15. The van der Waals surface area contributed by atoms with E-state index < -0.39 is 5.97 Å². The Kier molecular flexibility index (Phi) is 5.41. The van der Waals surface area contributed by atoms with Gasteiger partial charge in [0, 0.05) is 25.1 Å². The SMILES string of the molecule is COC(=O)c1ccccc1Nc1ncc(C(=O)N(C)c2ccccc2)cn1. The van der Waals surface area contributed by atoms with Crippen molar-refractivity contribution in [2.45, 2.75) is 0 Å². The highest BCUT2D eigenvalue weighted by Crippen LogP contribution is 2.20. The Morgan fingerprint density at radius 2 is 1.59 bits per heavy atom. The molecule has 1 aromatic heterocycles. The zero-order valence-corrected chi connectivity index (χ0v) is 14.9. The predicted molar refractivity (Wildman–Crippen MR) is 102 cm³/mol. The van der Waals surface area contributed by atoms with Crippen molar-refractivity contribution in [3.63, 3.8) is 0 Å². The quantitative estimate of drug-likeness (QED) is 0.701. The maximum atomic E-state index is 12.6. The number of para-hydroxylation sites is 2. The van der Waals surface area contributed by atoms with Crippen LogP contribution in [-0.2, 0) is 4.74 Å². The molecule has 0 bridgehead atoms. The van der Waals surface area contributed by atoms with Gasteiger partial charge in [-0.15, -0.1) is 0 Å². The van der Waals surface area contributed by atoms with Gasteiger partial charge in [-0.3, -0.25) is 4.79 Å². The zero-order chi connectivity index (χ0) is 19.2. The van der Waals surface area contributed by atoms with Gasteiger partial charge in [0.1, 0.15) is 0 Å². The van der Waals surface area contributed by atoms with E-state index in [1.54, 1.807) is 31.3 Å². The Labute approximate surface area is 156 Å². The number of carbonyl (C=O) groups is 2. The lowest BCUT2D eigenvalue weighted by molar-refractivity contribution is 0.0601. The third-order valence-electron chi connectivity index (χ3n) is 3.93. The maximum Gasteiger partial charge on any atom is 0.339 e. The van der Waals surface area contributed by atoms with Gasteiger partial charge in [-0.1, -0.05) is 30.3 Å². The van der Waals surface area contributed by atoms with Crippen LogP contribution in [0, 0.1) is 0 Å². The number of methoxy groups -OCH3 is 1. The fourth-order valence-corrected chi connectivity index (χ4v) is 2.47. The number of amides is 1. The van der Waals surface area contributed by atoms with E-state index in [4.69, 9.17) is 4.74 Å². The number of aromatic nitrogens is 2. The van der Waals surface area contributed by atoms with Crippen LogP contribution < -0.4 is 10.2 Å². The van der Waals surface area contributed by atoms with E-state index in [1.807, 2.05) is 30.3 Å². The number of nitrogens with one attached hydrogen (secondary N) is 1. The molecule has 1 N–H and O–H groups in total. The molecule has 0 aliphatic heterocycles. The molecule has 0 aliphatic carbocycles. The van der Waals surface area contributed by atoms with Crippen LogP contribution in [0.3, 0.4) is 0 Å². The van der Waals surface area contributed by atoms with Gasteiger partial charge in [0.05, 0.1) is 23.9 Å². The first-order chi connectivity index (χ1) is 13.1. The second-order valence-electron chi connectivity index (χ2n) is 5.66. The summed E-state index contributed by atoms with van der Waals surface area (Å²) < 4.78 is 4.76. The van der Waals surface area contributed by atoms with Gasteiger partial charge >= 0.3 is 5.97 Å². The first-order valence-electron chi connectivity index (χ1n) is 8.19. The molecule has 0 unspecified atom stereocenters. The van der Waals surface area contributed by atoms with Crippen LogP contribution in [-0.4, -0.2) is 36.0 Å². The normalized spacial score (nSPS) is 10.1. The molecule has 3 aromatic rings. The van der Waals surface area contributed by atoms with Crippen LogP contribution in [0.25, 0.3) is 0 Å². The first-order valence-corrected chi connectivity index (χ1v) is 8.19. The average Bonchev–Trinajstić information content (AvgIpc) is 2.73. The number of hydrogen-bond acceptors (Lipinski definition) is 6. The van der Waals surface area contributed by atoms with Crippen molar-refractivity contribution in [1.82, 2.24) is 9.97 Å². The number of hydrogen-bond donors (Lipinski definition) is 1. The van der Waals surface area contributed by atoms with E-state index >= 15 is 0 Å². The molecule has 2 aromatic carbocycles. The first kappa shape index (κ1) is 18.1. The van der Waals surface area contributed by atoms with Gasteiger partial charge < -0.3 is 15.0 Å². The minimum absolute atomic E-state index is 0.220. The van der Waals surface area contributed by atoms with Crippen molar-refractivity contribution >= 4 is 29.2 Å². The van der Waals surface area contributed by atoms with Crippen molar-refractivity contribution < 1.29 is 14.3 Å². The lowest BCUT2D eigenvalue weighted by Crippen LogP contribution is -2.26. The van der Waals surface area contributed by atoms with Crippen molar-refractivity contribution in [2.24, 2.45) is 0 Å². The fourth-order valence-electron chi connectivity index (χ4n) is 2.47. The van der Waals surface area contributed by atoms with E-state index in [9.17, 15) is 9.59 Å². The highest BCUT2D eigenvalue weighted by atomic mass is 16.5. The Hall–Kier alpha value is -3.74. The number of esters is 1. The van der Waals surface area contributed by atoms with E-state index in [1.165, 1.54) is 24.4 Å². The van der Waals surface area contributed by atoms with E-state index in [-0.39, 0.29) is 11.9 Å². The monoisotopic (exact) mass is 362 g/mol. The molecule has 0 atom stereocenters. The second kappa shape index (κ2) is 8.09. The summed E-state index contributed by atoms with van der Waals surface area (Å²) in [5.74, 6) is -0.414. The molecule has 1 heterocycles. The van der Waals surface area contributed by atoms with Crippen LogP contribution in [0.1, 0.15) is 20.7 Å². The minimum atomic E-state index is -0.464. The Balaban J connectivity index is 1.77. The van der Waals surface area contributed by atoms with Gasteiger partial charge in [-0.05, 0) is 24.3 Å². The molecule has 0 fully saturated rings. The highest BCUT2D eigenvalue weighted by molar-refractivity contribution is 6.05. The molecule has 0 saturated carbocycles. The lowest BCUT2D eigenvalue weighted by atomic mass is 10.2. The Morgan fingerprint density at radius 3 is 2.26 bits per heavy atom. The number of rotatable bonds is 5. The third kappa shape index (κ3) is 4.09. The van der Waals surface area contributed by atoms with Crippen LogP contribution in [0.2, 0.25) is 0 Å². The molecular weight excluding hydrogens is 344 g/mol. The second-order valence-corrected chi connectivity index (χ2v) is 5.66. The van der Waals surface area contributed by atoms with Gasteiger partial charge in [0.15, 0.2) is 0 Å². The summed E-state index contributed by atoms with van der Waals surface area (Å²) in [4.78, 5) is 34.3. The van der Waals surface area contributed by atoms with Crippen molar-refractivity contribution in [2.75, 3.05) is 24.4 Å². The van der Waals surface area contributed by atoms with Crippen LogP contribution >= 0.6 is 0 Å². The molecule has 0 spiro atoms. The summed E-state index contributed by atoms with van der Waals surface area (Å²) in [6.07, 6.45) is 2.88. The van der Waals surface area contributed by atoms with E-state index in [2.05, 4.69) is 15.3 Å². The fraction of sp³-hybridized carbons (Fsp3) is 0.100. The molecule has 136 valence electrons. The number of benzene rings is 2. The Morgan fingerprint density at radius 1 is 0.963 bits per heavy atom. The summed E-state index contributed by atoms with van der Waals surface area (Å²) in [6.45, 7) is 0. The molecule has 7 heteroatoms. The molecule has 1 amide bonds. The summed E-state index contributed by atoms with van der Waals surface area (Å²) in [7, 11) is 3.01. The molecule has 0 radical (unpaired) electrons. The minimum Gasteiger partial charge on any atom is -0.465 e. The lowest BCUT2D eigenvalue weighted by Gasteiger charge is -2.17. The molecule has 3 rings (SSSR count). The molecule has 7 nitrogen and oxygen atoms in total. The van der Waals surface area contributed by atoms with Crippen LogP contribution in [0.4, 0.5) is 17.3 Å². The molecular formula is C20H18N4O3. The number of nitrogens with zero attached hydrogens (tertiary/aromatic N) is 3. The van der Waals surface area contributed by atoms with Gasteiger partial charge in [0.2, 0.25) is 5.95 Å².